The van der Waals surface area contributed by atoms with Gasteiger partial charge in [-0.1, -0.05) is 54.6 Å². The zero-order valence-corrected chi connectivity index (χ0v) is 27.9. The van der Waals surface area contributed by atoms with Gasteiger partial charge in [-0.15, -0.1) is 0 Å². The summed E-state index contributed by atoms with van der Waals surface area (Å²) < 4.78 is 11.2. The van der Waals surface area contributed by atoms with Crippen LogP contribution in [0.15, 0.2) is 91.0 Å². The van der Waals surface area contributed by atoms with Crippen LogP contribution in [0.3, 0.4) is 0 Å². The number of aliphatic carboxylic acids is 1. The summed E-state index contributed by atoms with van der Waals surface area (Å²) in [5.41, 5.74) is 1.25. The minimum atomic E-state index is -1.89. The molecule has 0 saturated carbocycles. The van der Waals surface area contributed by atoms with E-state index in [9.17, 15) is 29.1 Å². The first-order valence-electron chi connectivity index (χ1n) is 15.6. The number of carboxylic acid groups (broad SMARTS) is 1. The molecular formula is C38H37N3O8. The van der Waals surface area contributed by atoms with E-state index >= 15 is 0 Å². The number of carbonyl (C=O) groups excluding carboxylic acids is 4. The number of amides is 3. The van der Waals surface area contributed by atoms with E-state index in [1.54, 1.807) is 44.4 Å². The molecule has 2 N–H and O–H groups in total. The number of rotatable bonds is 11. The molecule has 11 nitrogen and oxygen atoms in total. The number of carbonyl (C=O) groups is 5. The normalized spacial score (nSPS) is 15.1. The van der Waals surface area contributed by atoms with E-state index in [-0.39, 0.29) is 34.9 Å². The number of carboxylic acids is 1. The molecule has 0 spiro atoms. The highest BCUT2D eigenvalue weighted by atomic mass is 16.5. The number of hydrogen-bond acceptors (Lipinski definition) is 7. The molecule has 4 aromatic carbocycles. The number of likely N-dealkylation sites (N-methyl/N-ethyl adjacent to an activating group) is 1. The lowest BCUT2D eigenvalue weighted by Gasteiger charge is -2.32. The summed E-state index contributed by atoms with van der Waals surface area (Å²) in [6.07, 6.45) is -0.274. The third-order valence-corrected chi connectivity index (χ3v) is 8.30. The smallest absolute Gasteiger partial charge is 0.338 e. The van der Waals surface area contributed by atoms with Crippen molar-refractivity contribution in [1.29, 1.82) is 0 Å². The highest BCUT2D eigenvalue weighted by Gasteiger charge is 2.54. The molecule has 0 saturated heterocycles. The zero-order valence-electron chi connectivity index (χ0n) is 27.9. The highest BCUT2D eigenvalue weighted by Crippen LogP contribution is 2.39. The lowest BCUT2D eigenvalue weighted by Crippen LogP contribution is -2.51. The van der Waals surface area contributed by atoms with Crippen LogP contribution in [-0.2, 0) is 26.3 Å². The molecule has 11 heteroatoms. The first-order chi connectivity index (χ1) is 23.3. The highest BCUT2D eigenvalue weighted by molar-refractivity contribution is 6.12. The predicted molar refractivity (Wildman–Crippen MR) is 183 cm³/mol. The van der Waals surface area contributed by atoms with Crippen molar-refractivity contribution in [2.24, 2.45) is 0 Å². The van der Waals surface area contributed by atoms with Gasteiger partial charge in [0.1, 0.15) is 12.4 Å². The number of benzene rings is 4. The van der Waals surface area contributed by atoms with Gasteiger partial charge in [-0.05, 0) is 66.9 Å². The number of nitrogens with zero attached hydrogens (tertiary/aromatic N) is 2. The van der Waals surface area contributed by atoms with Gasteiger partial charge in [0.25, 0.3) is 17.7 Å². The second-order valence-corrected chi connectivity index (χ2v) is 12.2. The Hall–Kier alpha value is -5.97. The SMILES string of the molecule is CC(C)Oc1ccc(-c2ccccc2C(=O)Nc2ccc(CC(=O)OC[C@@]3(C(=O)O)c4ccccc4C(=O)N3C)cc2C(=O)N(C)C)cc1. The fourth-order valence-corrected chi connectivity index (χ4v) is 5.80. The van der Waals surface area contributed by atoms with Crippen LogP contribution >= 0.6 is 0 Å². The molecule has 1 atom stereocenters. The molecule has 0 fully saturated rings. The maximum absolute atomic E-state index is 13.7. The van der Waals surface area contributed by atoms with Gasteiger partial charge in [-0.25, -0.2) is 4.79 Å². The van der Waals surface area contributed by atoms with Crippen LogP contribution < -0.4 is 10.1 Å². The van der Waals surface area contributed by atoms with E-state index in [4.69, 9.17) is 9.47 Å². The summed E-state index contributed by atoms with van der Waals surface area (Å²) in [5, 5.41) is 13.0. The first-order valence-corrected chi connectivity index (χ1v) is 15.6. The van der Waals surface area contributed by atoms with Crippen molar-refractivity contribution in [2.45, 2.75) is 31.9 Å². The lowest BCUT2D eigenvalue weighted by atomic mass is 9.90. The average molecular weight is 664 g/mol. The molecule has 1 aliphatic rings. The van der Waals surface area contributed by atoms with Crippen molar-refractivity contribution >= 4 is 35.3 Å². The molecule has 0 unspecified atom stereocenters. The van der Waals surface area contributed by atoms with Crippen LogP contribution in [-0.4, -0.2) is 78.4 Å². The van der Waals surface area contributed by atoms with E-state index in [2.05, 4.69) is 5.32 Å². The van der Waals surface area contributed by atoms with Crippen molar-refractivity contribution in [3.63, 3.8) is 0 Å². The minimum absolute atomic E-state index is 0.0214. The minimum Gasteiger partial charge on any atom is -0.491 e. The Kier molecular flexibility index (Phi) is 9.84. The number of esters is 1. The standard InChI is InChI=1S/C38H37N3O8/c1-23(2)49-26-17-15-25(16-18-26)27-10-6-7-11-28(27)34(43)39-32-19-14-24(20-30(32)35(44)40(3)4)21-33(42)48-22-38(37(46)47)31-13-9-8-12-29(31)36(45)41(38)5/h6-20,23H,21-22H2,1-5H3,(H,39,43)(H,46,47)/t38-/m0/s1. The van der Waals surface area contributed by atoms with E-state index in [1.165, 1.54) is 36.2 Å². The van der Waals surface area contributed by atoms with Crippen LogP contribution in [0, 0.1) is 0 Å². The second kappa shape index (κ2) is 14.0. The second-order valence-electron chi connectivity index (χ2n) is 12.2. The van der Waals surface area contributed by atoms with E-state index in [1.807, 2.05) is 50.2 Å². The molecule has 0 bridgehead atoms. The molecule has 1 heterocycles. The quantitative estimate of drug-likeness (QED) is 0.207. The summed E-state index contributed by atoms with van der Waals surface area (Å²) in [5.74, 6) is -2.72. The van der Waals surface area contributed by atoms with Crippen molar-refractivity contribution in [2.75, 3.05) is 33.1 Å². The molecule has 1 aliphatic heterocycles. The molecule has 0 aromatic heterocycles. The van der Waals surface area contributed by atoms with E-state index in [0.29, 0.717) is 22.4 Å². The van der Waals surface area contributed by atoms with Gasteiger partial charge in [0.15, 0.2) is 0 Å². The van der Waals surface area contributed by atoms with Crippen LogP contribution in [0.4, 0.5) is 5.69 Å². The van der Waals surface area contributed by atoms with E-state index in [0.717, 1.165) is 10.5 Å². The fraction of sp³-hybridized carbons (Fsp3) is 0.237. The topological polar surface area (TPSA) is 143 Å². The monoisotopic (exact) mass is 663 g/mol. The Morgan fingerprint density at radius 1 is 0.878 bits per heavy atom. The van der Waals surface area contributed by atoms with Gasteiger partial charge in [-0.2, -0.15) is 0 Å². The summed E-state index contributed by atoms with van der Waals surface area (Å²) in [7, 11) is 4.49. The number of nitrogens with one attached hydrogen (secondary N) is 1. The van der Waals surface area contributed by atoms with Crippen LogP contribution in [0.1, 0.15) is 56.0 Å². The molecule has 0 radical (unpaired) electrons. The Morgan fingerprint density at radius 3 is 2.18 bits per heavy atom. The summed E-state index contributed by atoms with van der Waals surface area (Å²) >= 11 is 0. The molecule has 5 rings (SSSR count). The Labute approximate surface area is 284 Å². The maximum atomic E-state index is 13.7. The summed E-state index contributed by atoms with van der Waals surface area (Å²) in [6.45, 7) is 3.28. The van der Waals surface area contributed by atoms with Crippen molar-refractivity contribution < 1.29 is 38.6 Å². The van der Waals surface area contributed by atoms with Crippen LogP contribution in [0.2, 0.25) is 0 Å². The Balaban J connectivity index is 1.36. The molecular weight excluding hydrogens is 626 g/mol. The van der Waals surface area contributed by atoms with Gasteiger partial charge < -0.3 is 29.7 Å². The Bertz CT molecular complexity index is 1940. The molecule has 4 aromatic rings. The molecule has 0 aliphatic carbocycles. The first kappa shape index (κ1) is 34.4. The Morgan fingerprint density at radius 2 is 1.53 bits per heavy atom. The largest absolute Gasteiger partial charge is 0.491 e. The van der Waals surface area contributed by atoms with Crippen molar-refractivity contribution in [1.82, 2.24) is 9.80 Å². The number of anilines is 1. The molecule has 49 heavy (non-hydrogen) atoms. The van der Waals surface area contributed by atoms with Gasteiger partial charge in [0.05, 0.1) is 23.8 Å². The van der Waals surface area contributed by atoms with Crippen molar-refractivity contribution in [3.05, 3.63) is 119 Å². The zero-order chi connectivity index (χ0) is 35.5. The summed E-state index contributed by atoms with van der Waals surface area (Å²) in [4.78, 5) is 67.7. The van der Waals surface area contributed by atoms with E-state index < -0.39 is 41.8 Å². The number of hydrogen-bond donors (Lipinski definition) is 2. The fourth-order valence-electron chi connectivity index (χ4n) is 5.80. The third kappa shape index (κ3) is 6.87. The van der Waals surface area contributed by atoms with Gasteiger partial charge in [-0.3, -0.25) is 19.2 Å². The maximum Gasteiger partial charge on any atom is 0.338 e. The number of fused-ring (bicyclic) bond motifs is 1. The third-order valence-electron chi connectivity index (χ3n) is 8.30. The van der Waals surface area contributed by atoms with Crippen LogP contribution in [0.25, 0.3) is 11.1 Å². The van der Waals surface area contributed by atoms with Gasteiger partial charge >= 0.3 is 11.9 Å². The van der Waals surface area contributed by atoms with Gasteiger partial charge in [0, 0.05) is 37.8 Å². The summed E-state index contributed by atoms with van der Waals surface area (Å²) in [6, 6.07) is 25.5. The predicted octanol–water partition coefficient (Wildman–Crippen LogP) is 5.25. The van der Waals surface area contributed by atoms with Crippen LogP contribution in [0.5, 0.6) is 5.75 Å². The van der Waals surface area contributed by atoms with Crippen molar-refractivity contribution in [3.8, 4) is 16.9 Å². The van der Waals surface area contributed by atoms with Gasteiger partial charge in [0.2, 0.25) is 5.54 Å². The average Bonchev–Trinajstić information content (AvgIpc) is 3.30. The lowest BCUT2D eigenvalue weighted by molar-refractivity contribution is -0.159. The molecule has 252 valence electrons. The molecule has 3 amide bonds. The number of ether oxygens (including phenoxy) is 2.